The van der Waals surface area contributed by atoms with Gasteiger partial charge in [-0.25, -0.2) is 99.7 Å². The normalized spacial score (nSPS) is 12.2. The van der Waals surface area contributed by atoms with Gasteiger partial charge in [0.15, 0.2) is 69.9 Å². The molecule has 0 bridgehead atoms. The van der Waals surface area contributed by atoms with Gasteiger partial charge in [0.25, 0.3) is 0 Å². The number of hydrogen-bond acceptors (Lipinski definition) is 20. The van der Waals surface area contributed by atoms with Crippen molar-refractivity contribution < 1.29 is 6.85 Å². The van der Waals surface area contributed by atoms with Crippen LogP contribution in [-0.4, -0.2) is 99.7 Å². The highest BCUT2D eigenvalue weighted by Gasteiger charge is 2.28. The lowest BCUT2D eigenvalue weighted by molar-refractivity contribution is 0.590. The van der Waals surface area contributed by atoms with Crippen LogP contribution in [0.15, 0.2) is 310 Å². The van der Waals surface area contributed by atoms with Crippen molar-refractivity contribution in [1.29, 1.82) is 0 Å². The lowest BCUT2D eigenvalue weighted by Crippen LogP contribution is -2.15. The summed E-state index contributed by atoms with van der Waals surface area (Å²) in [5.41, 5.74) is 17.7. The molecule has 18 aromatic rings. The molecule has 744 valence electrons. The van der Waals surface area contributed by atoms with Crippen molar-refractivity contribution in [2.75, 3.05) is 0 Å². The van der Waals surface area contributed by atoms with E-state index in [9.17, 15) is 0 Å². The third-order valence-corrected chi connectivity index (χ3v) is 23.7. The fourth-order valence-electron chi connectivity index (χ4n) is 15.3. The molecule has 11 aromatic carbocycles. The van der Waals surface area contributed by atoms with E-state index in [0.29, 0.717) is 51.6 Å². The van der Waals surface area contributed by atoms with Gasteiger partial charge < -0.3 is 0 Å². The molecule has 0 radical (unpaired) electrons. The topological polar surface area (TPSA) is 258 Å². The number of benzene rings is 11. The second kappa shape index (κ2) is 48.8. The van der Waals surface area contributed by atoms with E-state index in [-0.39, 0.29) is 62.7 Å². The average Bonchev–Trinajstić information content (AvgIpc) is 0.751. The highest BCUT2D eigenvalue weighted by molar-refractivity contribution is 5.71. The Bertz CT molecular complexity index is 6930. The molecular weight excluding hydrogens is 1790 g/mol. The number of aromatic nitrogens is 20. The molecule has 0 spiro atoms. The first-order valence-electron chi connectivity index (χ1n) is 52.7. The van der Waals surface area contributed by atoms with E-state index in [1.54, 1.807) is 60.9 Å². The number of nitrogens with zero attached hydrogens (tertiary/aromatic N) is 20. The van der Waals surface area contributed by atoms with Gasteiger partial charge in [0.2, 0.25) is 5.82 Å². The molecule has 0 aliphatic carbocycles. The predicted octanol–water partition coefficient (Wildman–Crippen LogP) is 31.1. The third kappa shape index (κ3) is 29.4. The Morgan fingerprint density at radius 2 is 0.473 bits per heavy atom. The highest BCUT2D eigenvalue weighted by Crippen LogP contribution is 2.39. The molecule has 146 heavy (non-hydrogen) atoms. The van der Waals surface area contributed by atoms with Crippen LogP contribution in [-0.2, 0) is 28.0 Å². The van der Waals surface area contributed by atoms with Gasteiger partial charge >= 0.3 is 0 Å². The maximum Gasteiger partial charge on any atom is 0.201 e. The molecule has 7 aromatic heterocycles. The molecule has 0 unspecified atom stereocenters. The molecule has 0 aliphatic heterocycles. The van der Waals surface area contributed by atoms with Gasteiger partial charge in [0.1, 0.15) is 34.9 Å². The van der Waals surface area contributed by atoms with E-state index in [1.807, 2.05) is 141 Å². The van der Waals surface area contributed by atoms with Crippen molar-refractivity contribution in [1.82, 2.24) is 99.7 Å². The largest absolute Gasteiger partial charge is 0.234 e. The summed E-state index contributed by atoms with van der Waals surface area (Å²) in [7, 11) is 0. The predicted molar refractivity (Wildman–Crippen MR) is 598 cm³/mol. The monoisotopic (exact) mass is 1940 g/mol. The molecule has 0 fully saturated rings. The standard InChI is InChI=1S/2C26H33N3.C21H23N3.C19H19N3.C18H17N3.C16H15N5/c1-17(2)22-27-23(18-11-9-13-20(15-18)25(3,4)5)29-24(28-22)19-12-10-14-21(16-19)26(6,7)8;1-17(2)22-27-23(18-13-9-11-15-20(18)25(3,4)5)29-24(28-22)19-14-10-12-16-21(19)26(6,7)8;1-5-16-9-7-11-18(13-16)21-23-19(14(2)3)22-20(24-21)17-10-6-8-15(4)12-17;1-13(2)17-20-18(15-7-5-4-6-8-15)22-19(21-17)16-11-9-14(3)10-12-16;1-13(2)16-19-17(14-9-5-3-6-10-14)21-18(20-16)15-11-7-4-8-12-15;1-11(2)13-19-14(12-7-4-3-5-8-12)21-16(20-13)15-17-9-6-10-18-15/h2*9-17H,1-8H3;6-14H,5H2,1-4H3;4-13H,1-3H3;3-13H,1-2H3;3-11H,1-2H3/i;;4D3,5D2;;;. The van der Waals surface area contributed by atoms with Gasteiger partial charge in [0, 0.05) is 116 Å². The van der Waals surface area contributed by atoms with E-state index >= 15 is 0 Å². The summed E-state index contributed by atoms with van der Waals surface area (Å²) in [5, 5.41) is 0. The molecule has 18 rings (SSSR count). The van der Waals surface area contributed by atoms with Gasteiger partial charge in [-0.3, -0.25) is 0 Å². The van der Waals surface area contributed by atoms with Crippen LogP contribution in [0.4, 0.5) is 0 Å². The summed E-state index contributed by atoms with van der Waals surface area (Å²) in [6.45, 7) is 53.1. The van der Waals surface area contributed by atoms with Crippen LogP contribution in [0.3, 0.4) is 0 Å². The zero-order chi connectivity index (χ0) is 109. The molecule has 0 saturated carbocycles. The fraction of sp³-hybridized carbons (Fsp3) is 0.302. The minimum atomic E-state index is -2.21. The van der Waals surface area contributed by atoms with Crippen molar-refractivity contribution in [3.63, 3.8) is 0 Å². The minimum Gasteiger partial charge on any atom is -0.234 e. The molecule has 0 saturated heterocycles. The molecule has 0 aliphatic rings. The van der Waals surface area contributed by atoms with Crippen LogP contribution in [0, 0.1) is 13.8 Å². The van der Waals surface area contributed by atoms with E-state index in [0.717, 1.165) is 126 Å². The van der Waals surface area contributed by atoms with Crippen LogP contribution < -0.4 is 0 Å². The Kier molecular flexibility index (Phi) is 33.6. The number of hydrogen-bond donors (Lipinski definition) is 0. The summed E-state index contributed by atoms with van der Waals surface area (Å²) in [5.74, 6) is 14.3. The fourth-order valence-corrected chi connectivity index (χ4v) is 15.3. The van der Waals surface area contributed by atoms with E-state index < -0.39 is 13.2 Å². The van der Waals surface area contributed by atoms with Crippen molar-refractivity contribution >= 4 is 0 Å². The molecule has 7 heterocycles. The van der Waals surface area contributed by atoms with Crippen molar-refractivity contribution in [3.8, 4) is 137 Å². The summed E-state index contributed by atoms with van der Waals surface area (Å²) < 4.78 is 38.9. The first-order valence-corrected chi connectivity index (χ1v) is 50.2. The van der Waals surface area contributed by atoms with Gasteiger partial charge in [-0.2, -0.15) is 0 Å². The van der Waals surface area contributed by atoms with Crippen molar-refractivity contribution in [3.05, 3.63) is 384 Å². The molecule has 20 nitrogen and oxygen atoms in total. The van der Waals surface area contributed by atoms with Gasteiger partial charge in [-0.15, -0.1) is 0 Å². The summed E-state index contributed by atoms with van der Waals surface area (Å²) in [4.78, 5) is 92.6. The summed E-state index contributed by atoms with van der Waals surface area (Å²) in [6, 6.07) is 97.7. The SMILES string of the molecule is CC(C)c1nc(-c2cccc(C(C)(C)C)c2)nc(-c2cccc(C(C)(C)C)c2)n1.CC(C)c1nc(-c2ccccc2)nc(-c2ccccc2)n1.CC(C)c1nc(-c2ccccc2)nc(-c2ncccn2)n1.CC(C)c1nc(-c2ccccc2C(C)(C)C)nc(-c2ccccc2C(C)(C)C)n1.Cc1ccc(-c2nc(-c3ccccc3)nc(C(C)C)n2)cc1.[2H]C([2H])([2H])c1cccc(-c2nc(-c3cccc(C([2H])([2H])C)c3)nc(C(C)C)n2)c1. The van der Waals surface area contributed by atoms with Crippen LogP contribution in [0.2, 0.25) is 0 Å². The van der Waals surface area contributed by atoms with E-state index in [4.69, 9.17) is 36.8 Å². The Hall–Kier alpha value is -15.4. The zero-order valence-electron chi connectivity index (χ0n) is 94.4. The maximum atomic E-state index is 7.96. The number of aryl methyl sites for hydroxylation is 3. The quantitative estimate of drug-likeness (QED) is 0.0728. The second-order valence-corrected chi connectivity index (χ2v) is 42.0. The van der Waals surface area contributed by atoms with Crippen LogP contribution in [0.1, 0.15) is 289 Å². The second-order valence-electron chi connectivity index (χ2n) is 42.0. The van der Waals surface area contributed by atoms with Gasteiger partial charge in [0.05, 0.1) is 0 Å². The molecule has 0 N–H and O–H groups in total. The Labute approximate surface area is 872 Å². The van der Waals surface area contributed by atoms with Crippen molar-refractivity contribution in [2.24, 2.45) is 0 Å². The molecular formula is C126H140N20. The zero-order valence-corrected chi connectivity index (χ0v) is 89.4. The lowest BCUT2D eigenvalue weighted by atomic mass is 9.83. The van der Waals surface area contributed by atoms with Crippen LogP contribution in [0.25, 0.3) is 137 Å². The Morgan fingerprint density at radius 3 is 0.781 bits per heavy atom. The van der Waals surface area contributed by atoms with Gasteiger partial charge in [-0.1, -0.05) is 451 Å². The Balaban J connectivity index is 0.000000152. The maximum absolute atomic E-state index is 7.96. The molecule has 20 heteroatoms. The smallest absolute Gasteiger partial charge is 0.201 e. The first kappa shape index (κ1) is 101. The third-order valence-electron chi connectivity index (χ3n) is 23.7. The average molecular weight is 1940 g/mol. The molecule has 0 amide bonds. The Morgan fingerprint density at radius 1 is 0.219 bits per heavy atom. The summed E-state index contributed by atoms with van der Waals surface area (Å²) in [6.07, 6.45) is 1.88. The molecule has 0 atom stereocenters. The van der Waals surface area contributed by atoms with E-state index in [1.165, 1.54) is 34.7 Å². The van der Waals surface area contributed by atoms with Crippen LogP contribution in [0.5, 0.6) is 0 Å². The lowest BCUT2D eigenvalue weighted by Gasteiger charge is -2.24. The van der Waals surface area contributed by atoms with Crippen molar-refractivity contribution in [2.45, 2.75) is 250 Å². The summed E-state index contributed by atoms with van der Waals surface area (Å²) >= 11 is 0. The van der Waals surface area contributed by atoms with Gasteiger partial charge in [-0.05, 0) is 100.0 Å². The highest BCUT2D eigenvalue weighted by atomic mass is 15.1. The van der Waals surface area contributed by atoms with Crippen LogP contribution >= 0.6 is 0 Å². The first-order chi connectivity index (χ1) is 71.5. The number of rotatable bonds is 19. The minimum absolute atomic E-state index is 0.00466. The van der Waals surface area contributed by atoms with E-state index in [2.05, 4.69) is 350 Å².